The lowest BCUT2D eigenvalue weighted by Crippen LogP contribution is -1.96. The van der Waals surface area contributed by atoms with E-state index in [4.69, 9.17) is 9.72 Å². The molecule has 3 aromatic heterocycles. The molecule has 32 heavy (non-hydrogen) atoms. The molecule has 0 unspecified atom stereocenters. The standard InChI is InChI=1S/C27H23N3O2/c1-2-32-19-23-14-20(13-22(15-23)18-31)9-10-21-16-26(24-7-3-5-11-28-24)30-27(17-21)25-8-4-6-12-29-25/h3-8,11-17,31H,2,18-19H2,1H3. The Morgan fingerprint density at radius 1 is 0.750 bits per heavy atom. The van der Waals surface area contributed by atoms with Crippen LogP contribution in [0.2, 0.25) is 0 Å². The molecular weight excluding hydrogens is 398 g/mol. The highest BCUT2D eigenvalue weighted by Gasteiger charge is 2.08. The molecule has 4 aromatic rings. The fourth-order valence-electron chi connectivity index (χ4n) is 3.27. The molecule has 0 fully saturated rings. The van der Waals surface area contributed by atoms with Gasteiger partial charge in [0, 0.05) is 30.1 Å². The number of nitrogens with zero attached hydrogens (tertiary/aromatic N) is 3. The van der Waals surface area contributed by atoms with E-state index in [1.165, 1.54) is 0 Å². The summed E-state index contributed by atoms with van der Waals surface area (Å²) in [5, 5.41) is 9.61. The van der Waals surface area contributed by atoms with Crippen LogP contribution in [0.15, 0.2) is 79.1 Å². The smallest absolute Gasteiger partial charge is 0.0906 e. The quantitative estimate of drug-likeness (QED) is 0.460. The summed E-state index contributed by atoms with van der Waals surface area (Å²) < 4.78 is 5.51. The summed E-state index contributed by atoms with van der Waals surface area (Å²) in [6.45, 7) is 3.03. The Labute approximate surface area is 187 Å². The van der Waals surface area contributed by atoms with E-state index in [0.29, 0.717) is 13.2 Å². The fraction of sp³-hybridized carbons (Fsp3) is 0.148. The lowest BCUT2D eigenvalue weighted by Gasteiger charge is -2.06. The summed E-state index contributed by atoms with van der Waals surface area (Å²) in [5.41, 5.74) is 6.44. The molecule has 3 heterocycles. The van der Waals surface area contributed by atoms with Gasteiger partial charge in [0.1, 0.15) is 0 Å². The number of rotatable bonds is 6. The minimum Gasteiger partial charge on any atom is -0.392 e. The first-order valence-corrected chi connectivity index (χ1v) is 10.4. The molecular formula is C27H23N3O2. The SMILES string of the molecule is CCOCc1cc(C#Cc2cc(-c3ccccn3)nc(-c3ccccn3)c2)cc(CO)c1. The number of hydrogen-bond acceptors (Lipinski definition) is 5. The molecule has 0 aliphatic heterocycles. The molecule has 0 amide bonds. The Morgan fingerprint density at radius 3 is 1.88 bits per heavy atom. The number of aliphatic hydroxyl groups is 1. The van der Waals surface area contributed by atoms with Crippen LogP contribution in [0.1, 0.15) is 29.2 Å². The van der Waals surface area contributed by atoms with E-state index in [1.54, 1.807) is 12.4 Å². The van der Waals surface area contributed by atoms with Crippen molar-refractivity contribution in [1.82, 2.24) is 15.0 Å². The van der Waals surface area contributed by atoms with Crippen LogP contribution in [-0.2, 0) is 18.0 Å². The van der Waals surface area contributed by atoms with Crippen molar-refractivity contribution in [3.8, 4) is 34.6 Å². The predicted molar refractivity (Wildman–Crippen MR) is 124 cm³/mol. The van der Waals surface area contributed by atoms with Crippen molar-refractivity contribution >= 4 is 0 Å². The van der Waals surface area contributed by atoms with Gasteiger partial charge in [-0.15, -0.1) is 0 Å². The lowest BCUT2D eigenvalue weighted by molar-refractivity contribution is 0.134. The number of ether oxygens (including phenoxy) is 1. The molecule has 1 aromatic carbocycles. The van der Waals surface area contributed by atoms with Crippen LogP contribution in [0, 0.1) is 11.8 Å². The third kappa shape index (κ3) is 5.44. The number of aromatic nitrogens is 3. The van der Waals surface area contributed by atoms with Crippen LogP contribution in [0.5, 0.6) is 0 Å². The number of pyridine rings is 3. The van der Waals surface area contributed by atoms with Crippen molar-refractivity contribution < 1.29 is 9.84 Å². The minimum absolute atomic E-state index is 0.0441. The number of hydrogen-bond donors (Lipinski definition) is 1. The summed E-state index contributed by atoms with van der Waals surface area (Å²) in [4.78, 5) is 13.6. The topological polar surface area (TPSA) is 68.1 Å². The average molecular weight is 422 g/mol. The van der Waals surface area contributed by atoms with Crippen molar-refractivity contribution in [2.45, 2.75) is 20.1 Å². The summed E-state index contributed by atoms with van der Waals surface area (Å²) in [5.74, 6) is 6.47. The molecule has 0 spiro atoms. The number of benzene rings is 1. The van der Waals surface area contributed by atoms with Crippen LogP contribution in [0.4, 0.5) is 0 Å². The van der Waals surface area contributed by atoms with E-state index in [-0.39, 0.29) is 6.61 Å². The first kappa shape index (κ1) is 21.4. The van der Waals surface area contributed by atoms with E-state index in [2.05, 4.69) is 21.8 Å². The maximum absolute atomic E-state index is 9.61. The van der Waals surface area contributed by atoms with Gasteiger partial charge in [0.15, 0.2) is 0 Å². The highest BCUT2D eigenvalue weighted by Crippen LogP contribution is 2.22. The first-order chi connectivity index (χ1) is 15.7. The van der Waals surface area contributed by atoms with Gasteiger partial charge in [-0.2, -0.15) is 0 Å². The van der Waals surface area contributed by atoms with E-state index < -0.39 is 0 Å². The minimum atomic E-state index is -0.0441. The second kappa shape index (κ2) is 10.5. The molecule has 0 aliphatic rings. The molecule has 0 bridgehead atoms. The van der Waals surface area contributed by atoms with Crippen LogP contribution in [-0.4, -0.2) is 26.7 Å². The fourth-order valence-corrected chi connectivity index (χ4v) is 3.27. The van der Waals surface area contributed by atoms with Crippen molar-refractivity contribution in [3.63, 3.8) is 0 Å². The molecule has 0 saturated carbocycles. The molecule has 0 saturated heterocycles. The normalized spacial score (nSPS) is 10.4. The van der Waals surface area contributed by atoms with E-state index in [1.807, 2.05) is 73.7 Å². The number of aliphatic hydroxyl groups excluding tert-OH is 1. The second-order valence-corrected chi connectivity index (χ2v) is 7.14. The van der Waals surface area contributed by atoms with Gasteiger partial charge in [-0.25, -0.2) is 4.98 Å². The molecule has 4 rings (SSSR count). The summed E-state index contributed by atoms with van der Waals surface area (Å²) >= 11 is 0. The third-order valence-corrected chi connectivity index (χ3v) is 4.74. The van der Waals surface area contributed by atoms with E-state index in [9.17, 15) is 5.11 Å². The largest absolute Gasteiger partial charge is 0.392 e. The molecule has 5 nitrogen and oxygen atoms in total. The van der Waals surface area contributed by atoms with Gasteiger partial charge in [-0.05, 0) is 66.6 Å². The van der Waals surface area contributed by atoms with Crippen molar-refractivity contribution in [1.29, 1.82) is 0 Å². The van der Waals surface area contributed by atoms with Crippen LogP contribution in [0.25, 0.3) is 22.8 Å². The third-order valence-electron chi connectivity index (χ3n) is 4.74. The summed E-state index contributed by atoms with van der Waals surface area (Å²) in [7, 11) is 0. The highest BCUT2D eigenvalue weighted by atomic mass is 16.5. The monoisotopic (exact) mass is 421 g/mol. The van der Waals surface area contributed by atoms with Gasteiger partial charge < -0.3 is 9.84 Å². The lowest BCUT2D eigenvalue weighted by atomic mass is 10.1. The van der Waals surface area contributed by atoms with E-state index in [0.717, 1.165) is 45.0 Å². The second-order valence-electron chi connectivity index (χ2n) is 7.14. The maximum Gasteiger partial charge on any atom is 0.0906 e. The average Bonchev–Trinajstić information content (AvgIpc) is 2.87. The van der Waals surface area contributed by atoms with Gasteiger partial charge in [0.05, 0.1) is 36.0 Å². The Bertz CT molecular complexity index is 1190. The zero-order chi connectivity index (χ0) is 22.2. The Kier molecular flexibility index (Phi) is 6.98. The molecule has 158 valence electrons. The van der Waals surface area contributed by atoms with Crippen LogP contribution >= 0.6 is 0 Å². The highest BCUT2D eigenvalue weighted by molar-refractivity contribution is 5.65. The van der Waals surface area contributed by atoms with Crippen molar-refractivity contribution in [2.24, 2.45) is 0 Å². The zero-order valence-electron chi connectivity index (χ0n) is 17.8. The van der Waals surface area contributed by atoms with Gasteiger partial charge in [0.25, 0.3) is 0 Å². The van der Waals surface area contributed by atoms with Crippen LogP contribution < -0.4 is 0 Å². The van der Waals surface area contributed by atoms with Gasteiger partial charge in [-0.1, -0.05) is 30.0 Å². The Hall–Kier alpha value is -3.85. The van der Waals surface area contributed by atoms with Gasteiger partial charge >= 0.3 is 0 Å². The summed E-state index contributed by atoms with van der Waals surface area (Å²) in [6.07, 6.45) is 3.49. The molecule has 1 N–H and O–H groups in total. The Balaban J connectivity index is 1.75. The zero-order valence-corrected chi connectivity index (χ0v) is 17.8. The van der Waals surface area contributed by atoms with Crippen molar-refractivity contribution in [2.75, 3.05) is 6.61 Å². The van der Waals surface area contributed by atoms with Gasteiger partial charge in [-0.3, -0.25) is 9.97 Å². The van der Waals surface area contributed by atoms with E-state index >= 15 is 0 Å². The molecule has 0 atom stereocenters. The molecule has 0 aliphatic carbocycles. The van der Waals surface area contributed by atoms with Gasteiger partial charge in [0.2, 0.25) is 0 Å². The predicted octanol–water partition coefficient (Wildman–Crippen LogP) is 4.63. The Morgan fingerprint density at radius 2 is 1.34 bits per heavy atom. The summed E-state index contributed by atoms with van der Waals surface area (Å²) in [6, 6.07) is 21.1. The molecule has 0 radical (unpaired) electrons. The maximum atomic E-state index is 9.61. The first-order valence-electron chi connectivity index (χ1n) is 10.4. The van der Waals surface area contributed by atoms with Crippen LogP contribution in [0.3, 0.4) is 0 Å². The molecule has 5 heteroatoms. The van der Waals surface area contributed by atoms with Crippen molar-refractivity contribution in [3.05, 3.63) is 101 Å².